The van der Waals surface area contributed by atoms with Crippen molar-refractivity contribution in [2.24, 2.45) is 16.1 Å². The first-order chi connectivity index (χ1) is 2.77. The number of hydrogen-bond acceptors (Lipinski definition) is 2. The SMILES string of the molecule is NC(N)=N[Si]S. The molecule has 0 rings (SSSR count). The Labute approximate surface area is 43.8 Å². The molecular weight excluding hydrogens is 114 g/mol. The van der Waals surface area contributed by atoms with Gasteiger partial charge in [0.1, 0.15) is 0 Å². The number of nitrogens with two attached hydrogens (primary N) is 2. The van der Waals surface area contributed by atoms with Gasteiger partial charge in [0.2, 0.25) is 0 Å². The van der Waals surface area contributed by atoms with Crippen molar-refractivity contribution >= 4 is 26.9 Å². The Bertz CT molecular complexity index is 57.8. The largest absolute Gasteiger partial charge is 0.371 e. The molecule has 0 atom stereocenters. The lowest BCUT2D eigenvalue weighted by molar-refractivity contribution is 1.53. The lowest BCUT2D eigenvalue weighted by Crippen LogP contribution is -2.22. The minimum atomic E-state index is 0.100. The fourth-order valence-corrected chi connectivity index (χ4v) is 0.520. The highest BCUT2D eigenvalue weighted by atomic mass is 32.3. The number of nitrogens with zero attached hydrogens (tertiary/aromatic N) is 1. The van der Waals surface area contributed by atoms with Crippen molar-refractivity contribution in [1.29, 1.82) is 0 Å². The van der Waals surface area contributed by atoms with Crippen molar-refractivity contribution in [2.75, 3.05) is 0 Å². The molecule has 4 N–H and O–H groups in total. The maximum Gasteiger partial charge on any atom is 0.290 e. The molecule has 0 spiro atoms. The van der Waals surface area contributed by atoms with E-state index >= 15 is 0 Å². The second kappa shape index (κ2) is 3.04. The van der Waals surface area contributed by atoms with Crippen molar-refractivity contribution in [3.05, 3.63) is 0 Å². The first-order valence-electron chi connectivity index (χ1n) is 1.25. The molecule has 5 heteroatoms. The zero-order chi connectivity index (χ0) is 4.99. The average Bonchev–Trinajstić information content (AvgIpc) is 1.35. The third-order valence-corrected chi connectivity index (χ3v) is 0.837. The molecule has 0 aliphatic carbocycles. The highest BCUT2D eigenvalue weighted by Crippen LogP contribution is 1.63. The van der Waals surface area contributed by atoms with E-state index in [4.69, 9.17) is 11.5 Å². The minimum absolute atomic E-state index is 0.100. The van der Waals surface area contributed by atoms with E-state index in [-0.39, 0.29) is 14.8 Å². The summed E-state index contributed by atoms with van der Waals surface area (Å²) in [6.45, 7) is 0. The second-order valence-electron chi connectivity index (χ2n) is 0.637. The zero-order valence-corrected chi connectivity index (χ0v) is 4.94. The summed E-state index contributed by atoms with van der Waals surface area (Å²) < 4.78 is 3.49. The molecule has 0 aromatic carbocycles. The van der Waals surface area contributed by atoms with E-state index in [9.17, 15) is 0 Å². The fraction of sp³-hybridized carbons (Fsp3) is 0. The predicted octanol–water partition coefficient (Wildman–Crippen LogP) is -1.28. The van der Waals surface area contributed by atoms with Gasteiger partial charge in [-0.1, -0.05) is 0 Å². The summed E-state index contributed by atoms with van der Waals surface area (Å²) in [5.41, 5.74) is 9.78. The number of thiol groups is 1. The van der Waals surface area contributed by atoms with Gasteiger partial charge in [-0.3, -0.25) is 4.66 Å². The van der Waals surface area contributed by atoms with Gasteiger partial charge >= 0.3 is 0 Å². The van der Waals surface area contributed by atoms with Crippen molar-refractivity contribution in [2.45, 2.75) is 0 Å². The van der Waals surface area contributed by atoms with Crippen LogP contribution in [0, 0.1) is 0 Å². The van der Waals surface area contributed by atoms with E-state index in [2.05, 4.69) is 16.7 Å². The summed E-state index contributed by atoms with van der Waals surface area (Å²) in [6, 6.07) is 0. The van der Waals surface area contributed by atoms with Crippen LogP contribution in [0.5, 0.6) is 0 Å². The van der Waals surface area contributed by atoms with Crippen molar-refractivity contribution in [1.82, 2.24) is 0 Å². The summed E-state index contributed by atoms with van der Waals surface area (Å²) in [6.07, 6.45) is 0. The van der Waals surface area contributed by atoms with Gasteiger partial charge in [-0.25, -0.2) is 0 Å². The first kappa shape index (κ1) is 5.84. The predicted molar refractivity (Wildman–Crippen MR) is 30.5 cm³/mol. The zero-order valence-electron chi connectivity index (χ0n) is 3.05. The summed E-state index contributed by atoms with van der Waals surface area (Å²) in [7, 11) is 0.171. The highest BCUT2D eigenvalue weighted by molar-refractivity contribution is 8.06. The molecule has 6 heavy (non-hydrogen) atoms. The molecule has 0 aliphatic heterocycles. The summed E-state index contributed by atoms with van der Waals surface area (Å²) in [5.74, 6) is 0.100. The quantitative estimate of drug-likeness (QED) is 0.174. The molecule has 0 amide bonds. The Balaban J connectivity index is 3.14. The van der Waals surface area contributed by atoms with Crippen LogP contribution in [0.25, 0.3) is 0 Å². The van der Waals surface area contributed by atoms with E-state index < -0.39 is 0 Å². The third kappa shape index (κ3) is 3.84. The number of hydrogen-bond donors (Lipinski definition) is 3. The lowest BCUT2D eigenvalue weighted by atomic mass is 11.1. The Morgan fingerprint density at radius 1 is 1.67 bits per heavy atom. The van der Waals surface area contributed by atoms with Gasteiger partial charge < -0.3 is 11.5 Å². The molecule has 3 nitrogen and oxygen atoms in total. The maximum atomic E-state index is 4.89. The summed E-state index contributed by atoms with van der Waals surface area (Å²) in [4.78, 5) is 0. The van der Waals surface area contributed by atoms with Crippen LogP contribution in [-0.4, -0.2) is 14.8 Å². The van der Waals surface area contributed by atoms with Gasteiger partial charge in [-0.2, -0.15) is 12.1 Å². The van der Waals surface area contributed by atoms with Gasteiger partial charge in [0.05, 0.1) is 0 Å². The van der Waals surface area contributed by atoms with Crippen LogP contribution in [0.2, 0.25) is 0 Å². The average molecular weight is 119 g/mol. The Kier molecular flexibility index (Phi) is 2.96. The molecule has 0 heterocycles. The molecule has 0 unspecified atom stereocenters. The Morgan fingerprint density at radius 2 is 2.17 bits per heavy atom. The van der Waals surface area contributed by atoms with Gasteiger partial charge in [0.25, 0.3) is 8.83 Å². The van der Waals surface area contributed by atoms with E-state index in [1.807, 2.05) is 0 Å². The van der Waals surface area contributed by atoms with Gasteiger partial charge in [0.15, 0.2) is 5.96 Å². The summed E-state index contributed by atoms with van der Waals surface area (Å²) in [5, 5.41) is 0. The number of rotatable bonds is 1. The normalized spacial score (nSPS) is 7.50. The van der Waals surface area contributed by atoms with Crippen LogP contribution >= 0.6 is 12.1 Å². The third-order valence-electron chi connectivity index (χ3n) is 0.179. The fourth-order valence-electron chi connectivity index (χ4n) is 0.0577. The van der Waals surface area contributed by atoms with Crippen molar-refractivity contribution < 1.29 is 0 Å². The molecule has 0 fully saturated rings. The molecule has 2 radical (unpaired) electrons. The Hall–Kier alpha value is -0.163. The second-order valence-corrected chi connectivity index (χ2v) is 1.66. The van der Waals surface area contributed by atoms with Crippen LogP contribution < -0.4 is 11.5 Å². The van der Waals surface area contributed by atoms with E-state index in [1.165, 1.54) is 0 Å². The Morgan fingerprint density at radius 3 is 2.17 bits per heavy atom. The topological polar surface area (TPSA) is 64.4 Å². The molecule has 0 saturated carbocycles. The molecule has 34 valence electrons. The van der Waals surface area contributed by atoms with Crippen LogP contribution in [0.15, 0.2) is 4.66 Å². The summed E-state index contributed by atoms with van der Waals surface area (Å²) >= 11 is 3.74. The van der Waals surface area contributed by atoms with Crippen LogP contribution in [0.1, 0.15) is 0 Å². The van der Waals surface area contributed by atoms with Crippen LogP contribution in [0.4, 0.5) is 0 Å². The maximum absolute atomic E-state index is 4.89. The van der Waals surface area contributed by atoms with E-state index in [0.717, 1.165) is 0 Å². The van der Waals surface area contributed by atoms with Gasteiger partial charge in [-0.05, 0) is 0 Å². The molecule has 0 aliphatic rings. The molecular formula is CH5N3SSi. The molecule has 0 saturated heterocycles. The van der Waals surface area contributed by atoms with E-state index in [1.54, 1.807) is 0 Å². The smallest absolute Gasteiger partial charge is 0.290 e. The highest BCUT2D eigenvalue weighted by Gasteiger charge is 1.71. The molecule has 0 aromatic rings. The van der Waals surface area contributed by atoms with Gasteiger partial charge in [0, 0.05) is 0 Å². The van der Waals surface area contributed by atoms with Crippen LogP contribution in [0.3, 0.4) is 0 Å². The monoisotopic (exact) mass is 119 g/mol. The van der Waals surface area contributed by atoms with Crippen LogP contribution in [-0.2, 0) is 0 Å². The van der Waals surface area contributed by atoms with E-state index in [0.29, 0.717) is 0 Å². The molecule has 0 bridgehead atoms. The standard InChI is InChI=1S/CH5N3SSi/c2-1(3)4-6-5/h5H,(H4,2,3,4). The van der Waals surface area contributed by atoms with Gasteiger partial charge in [-0.15, -0.1) is 0 Å². The minimum Gasteiger partial charge on any atom is -0.371 e. The number of guanidine groups is 1. The van der Waals surface area contributed by atoms with Crippen molar-refractivity contribution in [3.8, 4) is 0 Å². The lowest BCUT2D eigenvalue weighted by Gasteiger charge is -1.80. The molecule has 0 aromatic heterocycles. The first-order valence-corrected chi connectivity index (χ1v) is 3.48. The van der Waals surface area contributed by atoms with Crippen molar-refractivity contribution in [3.63, 3.8) is 0 Å².